The summed E-state index contributed by atoms with van der Waals surface area (Å²) in [6.45, 7) is 6.50. The van der Waals surface area contributed by atoms with E-state index in [4.69, 9.17) is 0 Å². The van der Waals surface area contributed by atoms with Crippen LogP contribution in [0.15, 0.2) is 0 Å². The first kappa shape index (κ1) is 15.4. The van der Waals surface area contributed by atoms with Crippen molar-refractivity contribution in [1.82, 2.24) is 9.78 Å². The first-order valence-electron chi connectivity index (χ1n) is 6.64. The van der Waals surface area contributed by atoms with Crippen molar-refractivity contribution < 1.29 is 10.0 Å². The van der Waals surface area contributed by atoms with Crippen LogP contribution in [0.5, 0.6) is 0 Å². The summed E-state index contributed by atoms with van der Waals surface area (Å²) in [4.78, 5) is 10.7. The molecule has 7 heteroatoms. The topological polar surface area (TPSA) is 93.2 Å². The lowest BCUT2D eigenvalue weighted by molar-refractivity contribution is -0.384. The van der Waals surface area contributed by atoms with Gasteiger partial charge in [-0.25, -0.2) is 4.68 Å². The number of nitrogens with zero attached hydrogens (tertiary/aromatic N) is 3. The molecule has 108 valence electrons. The Labute approximate surface area is 112 Å². The van der Waals surface area contributed by atoms with Crippen LogP contribution in [0.2, 0.25) is 0 Å². The molecule has 0 fully saturated rings. The standard InChI is InChI=1S/C12H22N4O3/c1-4-6-10(17)8-13-12-11(16(18)19)9(3)14-15(12)7-5-2/h10,13,17H,4-8H2,1-3H3. The zero-order valence-corrected chi connectivity index (χ0v) is 11.7. The van der Waals surface area contributed by atoms with Gasteiger partial charge in [-0.15, -0.1) is 0 Å². The molecule has 0 spiro atoms. The van der Waals surface area contributed by atoms with Gasteiger partial charge in [-0.2, -0.15) is 5.10 Å². The molecule has 0 saturated heterocycles. The smallest absolute Gasteiger partial charge is 0.333 e. The first-order valence-corrected chi connectivity index (χ1v) is 6.64. The van der Waals surface area contributed by atoms with Gasteiger partial charge in [0.05, 0.1) is 11.0 Å². The minimum Gasteiger partial charge on any atom is -0.391 e. The summed E-state index contributed by atoms with van der Waals surface area (Å²) < 4.78 is 1.60. The lowest BCUT2D eigenvalue weighted by Crippen LogP contribution is -2.21. The Kier molecular flexibility index (Phi) is 5.75. The molecule has 7 nitrogen and oxygen atoms in total. The van der Waals surface area contributed by atoms with Gasteiger partial charge in [-0.05, 0) is 19.8 Å². The number of rotatable bonds is 8. The van der Waals surface area contributed by atoms with E-state index < -0.39 is 11.0 Å². The van der Waals surface area contributed by atoms with Crippen molar-refractivity contribution in [3.8, 4) is 0 Å². The van der Waals surface area contributed by atoms with Gasteiger partial charge in [-0.1, -0.05) is 20.3 Å². The minimum absolute atomic E-state index is 0.00264. The van der Waals surface area contributed by atoms with Crippen molar-refractivity contribution in [2.75, 3.05) is 11.9 Å². The Morgan fingerprint density at radius 3 is 2.68 bits per heavy atom. The van der Waals surface area contributed by atoms with E-state index in [1.54, 1.807) is 11.6 Å². The Bertz CT molecular complexity index is 431. The number of aromatic nitrogens is 2. The molecule has 0 saturated carbocycles. The van der Waals surface area contributed by atoms with E-state index in [1.807, 2.05) is 13.8 Å². The summed E-state index contributed by atoms with van der Waals surface area (Å²) in [7, 11) is 0. The number of aryl methyl sites for hydroxylation is 2. The normalized spacial score (nSPS) is 12.4. The van der Waals surface area contributed by atoms with E-state index in [9.17, 15) is 15.2 Å². The van der Waals surface area contributed by atoms with E-state index in [-0.39, 0.29) is 5.69 Å². The second-order valence-corrected chi connectivity index (χ2v) is 4.59. The Morgan fingerprint density at radius 1 is 1.47 bits per heavy atom. The van der Waals surface area contributed by atoms with E-state index in [2.05, 4.69) is 10.4 Å². The van der Waals surface area contributed by atoms with Crippen molar-refractivity contribution >= 4 is 11.5 Å². The molecule has 0 aliphatic carbocycles. The van der Waals surface area contributed by atoms with Crippen molar-refractivity contribution in [1.29, 1.82) is 0 Å². The van der Waals surface area contributed by atoms with Crippen LogP contribution in [0, 0.1) is 17.0 Å². The minimum atomic E-state index is -0.505. The third kappa shape index (κ3) is 3.92. The molecule has 19 heavy (non-hydrogen) atoms. The summed E-state index contributed by atoms with van der Waals surface area (Å²) in [6.07, 6.45) is 1.87. The van der Waals surface area contributed by atoms with Crippen LogP contribution >= 0.6 is 0 Å². The molecule has 0 aliphatic heterocycles. The molecule has 0 amide bonds. The number of hydrogen-bond donors (Lipinski definition) is 2. The average Bonchev–Trinajstić information content (AvgIpc) is 2.63. The van der Waals surface area contributed by atoms with Crippen LogP contribution in [0.25, 0.3) is 0 Å². The van der Waals surface area contributed by atoms with Crippen LogP contribution in [0.4, 0.5) is 11.5 Å². The van der Waals surface area contributed by atoms with Crippen LogP contribution in [0.3, 0.4) is 0 Å². The van der Waals surface area contributed by atoms with Gasteiger partial charge < -0.3 is 10.4 Å². The summed E-state index contributed by atoms with van der Waals surface area (Å²) >= 11 is 0. The second-order valence-electron chi connectivity index (χ2n) is 4.59. The van der Waals surface area contributed by atoms with E-state index in [0.29, 0.717) is 31.0 Å². The lowest BCUT2D eigenvalue weighted by atomic mass is 10.2. The van der Waals surface area contributed by atoms with Gasteiger partial charge in [0.1, 0.15) is 5.69 Å². The van der Waals surface area contributed by atoms with E-state index in [0.717, 1.165) is 12.8 Å². The zero-order valence-electron chi connectivity index (χ0n) is 11.7. The molecule has 1 rings (SSSR count). The summed E-state index contributed by atoms with van der Waals surface area (Å²) in [5, 5.41) is 27.9. The van der Waals surface area contributed by atoms with Crippen molar-refractivity contribution in [2.45, 2.75) is 52.7 Å². The highest BCUT2D eigenvalue weighted by Gasteiger charge is 2.25. The molecule has 1 atom stereocenters. The van der Waals surface area contributed by atoms with Crippen LogP contribution < -0.4 is 5.32 Å². The molecule has 1 aromatic rings. The van der Waals surface area contributed by atoms with Gasteiger partial charge in [0, 0.05) is 13.1 Å². The van der Waals surface area contributed by atoms with Gasteiger partial charge in [0.2, 0.25) is 5.82 Å². The Morgan fingerprint density at radius 2 is 2.16 bits per heavy atom. The lowest BCUT2D eigenvalue weighted by Gasteiger charge is -2.12. The Hall–Kier alpha value is -1.63. The monoisotopic (exact) mass is 270 g/mol. The number of hydrogen-bond acceptors (Lipinski definition) is 5. The van der Waals surface area contributed by atoms with Crippen molar-refractivity contribution in [2.24, 2.45) is 0 Å². The highest BCUT2D eigenvalue weighted by molar-refractivity contribution is 5.59. The van der Waals surface area contributed by atoms with Crippen LogP contribution in [0.1, 0.15) is 38.8 Å². The van der Waals surface area contributed by atoms with Crippen molar-refractivity contribution in [3.63, 3.8) is 0 Å². The number of aliphatic hydroxyl groups excluding tert-OH is 1. The van der Waals surface area contributed by atoms with Gasteiger partial charge in [0.25, 0.3) is 0 Å². The molecule has 1 heterocycles. The molecule has 0 aromatic carbocycles. The molecule has 0 radical (unpaired) electrons. The van der Waals surface area contributed by atoms with Gasteiger partial charge >= 0.3 is 5.69 Å². The highest BCUT2D eigenvalue weighted by Crippen LogP contribution is 2.28. The fourth-order valence-electron chi connectivity index (χ4n) is 1.99. The maximum atomic E-state index is 11.1. The molecule has 1 unspecified atom stereocenters. The summed E-state index contributed by atoms with van der Waals surface area (Å²) in [5.74, 6) is 0.388. The predicted octanol–water partition coefficient (Wildman–Crippen LogP) is 2.08. The first-order chi connectivity index (χ1) is 9.01. The predicted molar refractivity (Wildman–Crippen MR) is 73.3 cm³/mol. The third-order valence-electron chi connectivity index (χ3n) is 2.84. The van der Waals surface area contributed by atoms with Gasteiger partial charge in [0.15, 0.2) is 0 Å². The van der Waals surface area contributed by atoms with Crippen molar-refractivity contribution in [3.05, 3.63) is 15.8 Å². The highest BCUT2D eigenvalue weighted by atomic mass is 16.6. The summed E-state index contributed by atoms with van der Waals surface area (Å²) in [5.41, 5.74) is 0.392. The third-order valence-corrected chi connectivity index (χ3v) is 2.84. The number of nitro groups is 1. The number of anilines is 1. The summed E-state index contributed by atoms with van der Waals surface area (Å²) in [6, 6.07) is 0. The molecule has 1 aromatic heterocycles. The molecule has 0 aliphatic rings. The largest absolute Gasteiger partial charge is 0.391 e. The second kappa shape index (κ2) is 7.08. The Balaban J connectivity index is 2.91. The van der Waals surface area contributed by atoms with Crippen LogP contribution in [-0.2, 0) is 6.54 Å². The van der Waals surface area contributed by atoms with Gasteiger partial charge in [-0.3, -0.25) is 10.1 Å². The van der Waals surface area contributed by atoms with E-state index in [1.165, 1.54) is 0 Å². The van der Waals surface area contributed by atoms with Crippen LogP contribution in [-0.4, -0.2) is 32.5 Å². The van der Waals surface area contributed by atoms with E-state index >= 15 is 0 Å². The fraction of sp³-hybridized carbons (Fsp3) is 0.750. The average molecular weight is 270 g/mol. The maximum Gasteiger partial charge on any atom is 0.333 e. The molecular formula is C12H22N4O3. The number of aliphatic hydroxyl groups is 1. The molecule has 0 bridgehead atoms. The SMILES string of the molecule is CCCC(O)CNc1c([N+](=O)[O-])c(C)nn1CCC. The molecular weight excluding hydrogens is 248 g/mol. The number of nitrogens with one attached hydrogen (secondary N) is 1. The molecule has 2 N–H and O–H groups in total. The maximum absolute atomic E-state index is 11.1. The quantitative estimate of drug-likeness (QED) is 0.557. The fourth-order valence-corrected chi connectivity index (χ4v) is 1.99. The zero-order chi connectivity index (χ0) is 14.4.